The highest BCUT2D eigenvalue weighted by molar-refractivity contribution is 8.00. The fourth-order valence-electron chi connectivity index (χ4n) is 2.96. The number of rotatable bonds is 11. The number of hydrogen-bond donors (Lipinski definition) is 1. The molecule has 0 spiro atoms. The van der Waals surface area contributed by atoms with E-state index in [0.29, 0.717) is 53.9 Å². The van der Waals surface area contributed by atoms with Crippen molar-refractivity contribution in [3.8, 4) is 34.8 Å². The molecule has 10 heteroatoms. The Morgan fingerprint density at radius 1 is 1.06 bits per heavy atom. The highest BCUT2D eigenvalue weighted by Gasteiger charge is 2.21. The van der Waals surface area contributed by atoms with E-state index in [2.05, 4.69) is 15.5 Å². The van der Waals surface area contributed by atoms with Crippen LogP contribution in [-0.2, 0) is 4.79 Å². The van der Waals surface area contributed by atoms with Crippen LogP contribution in [0.2, 0.25) is 0 Å². The molecule has 9 nitrogen and oxygen atoms in total. The number of nitriles is 1. The minimum atomic E-state index is -0.498. The van der Waals surface area contributed by atoms with Gasteiger partial charge in [-0.1, -0.05) is 11.8 Å². The van der Waals surface area contributed by atoms with Gasteiger partial charge in [-0.2, -0.15) is 5.26 Å². The summed E-state index contributed by atoms with van der Waals surface area (Å²) < 4.78 is 23.0. The van der Waals surface area contributed by atoms with Crippen molar-refractivity contribution in [1.82, 2.24) is 10.2 Å². The maximum Gasteiger partial charge on any atom is 0.277 e. The minimum absolute atomic E-state index is 0.229. The third-order valence-corrected chi connectivity index (χ3v) is 5.43. The highest BCUT2D eigenvalue weighted by Crippen LogP contribution is 2.42. The van der Waals surface area contributed by atoms with Gasteiger partial charge in [-0.05, 0) is 64.1 Å². The highest BCUT2D eigenvalue weighted by atomic mass is 32.2. The molecule has 178 valence electrons. The number of anilines is 1. The van der Waals surface area contributed by atoms with Gasteiger partial charge in [0.05, 0.1) is 36.7 Å². The van der Waals surface area contributed by atoms with Crippen LogP contribution in [-0.4, -0.2) is 41.2 Å². The SMILES string of the molecule is CCOc1cc(-c2nnc(SC(C)C(=O)Nc3ccc(C#N)cc3)o2)cc(OCC)c1OCC. The molecule has 0 saturated heterocycles. The molecule has 1 atom stereocenters. The summed E-state index contributed by atoms with van der Waals surface area (Å²) in [6.45, 7) is 8.76. The molecule has 0 bridgehead atoms. The van der Waals surface area contributed by atoms with Gasteiger partial charge in [0.25, 0.3) is 5.22 Å². The Labute approximate surface area is 202 Å². The van der Waals surface area contributed by atoms with E-state index in [0.717, 1.165) is 11.8 Å². The van der Waals surface area contributed by atoms with Crippen LogP contribution >= 0.6 is 11.8 Å². The zero-order valence-electron chi connectivity index (χ0n) is 19.5. The molecule has 1 aromatic heterocycles. The number of thioether (sulfide) groups is 1. The lowest BCUT2D eigenvalue weighted by Gasteiger charge is -2.16. The second-order valence-corrected chi connectivity index (χ2v) is 8.20. The summed E-state index contributed by atoms with van der Waals surface area (Å²) >= 11 is 1.14. The summed E-state index contributed by atoms with van der Waals surface area (Å²) in [7, 11) is 0. The second kappa shape index (κ2) is 12.0. The molecule has 1 heterocycles. The molecule has 3 aromatic rings. The molecular formula is C24H26N4O5S. The van der Waals surface area contributed by atoms with Crippen LogP contribution in [0.1, 0.15) is 33.3 Å². The molecule has 3 rings (SSSR count). The van der Waals surface area contributed by atoms with Gasteiger partial charge < -0.3 is 23.9 Å². The topological polar surface area (TPSA) is 120 Å². The summed E-state index contributed by atoms with van der Waals surface area (Å²) in [6.07, 6.45) is 0. The fraction of sp³-hybridized carbons (Fsp3) is 0.333. The van der Waals surface area contributed by atoms with Gasteiger partial charge in [0.2, 0.25) is 17.5 Å². The predicted molar refractivity (Wildman–Crippen MR) is 128 cm³/mol. The van der Waals surface area contributed by atoms with Crippen molar-refractivity contribution < 1.29 is 23.4 Å². The van der Waals surface area contributed by atoms with Crippen molar-refractivity contribution in [3.05, 3.63) is 42.0 Å². The Kier molecular flexibility index (Phi) is 8.76. The number of ether oxygens (including phenoxy) is 3. The van der Waals surface area contributed by atoms with E-state index in [1.54, 1.807) is 43.3 Å². The van der Waals surface area contributed by atoms with E-state index in [-0.39, 0.29) is 17.0 Å². The van der Waals surface area contributed by atoms with Crippen LogP contribution in [0.3, 0.4) is 0 Å². The molecule has 0 aliphatic rings. The number of amides is 1. The number of hydrogen-bond acceptors (Lipinski definition) is 9. The molecule has 0 saturated carbocycles. The Morgan fingerprint density at radius 3 is 2.24 bits per heavy atom. The molecule has 0 fully saturated rings. The first-order chi connectivity index (χ1) is 16.5. The molecule has 0 aliphatic carbocycles. The Morgan fingerprint density at radius 2 is 1.68 bits per heavy atom. The molecule has 0 aliphatic heterocycles. The van der Waals surface area contributed by atoms with Crippen LogP contribution in [0.25, 0.3) is 11.5 Å². The van der Waals surface area contributed by atoms with Crippen molar-refractivity contribution in [2.75, 3.05) is 25.1 Å². The molecule has 1 N–H and O–H groups in total. The van der Waals surface area contributed by atoms with Crippen molar-refractivity contribution in [1.29, 1.82) is 5.26 Å². The number of nitrogens with one attached hydrogen (secondary N) is 1. The number of nitrogens with zero attached hydrogens (tertiary/aromatic N) is 3. The van der Waals surface area contributed by atoms with Crippen LogP contribution in [0, 0.1) is 11.3 Å². The zero-order chi connectivity index (χ0) is 24.5. The summed E-state index contributed by atoms with van der Waals surface area (Å²) in [4.78, 5) is 12.5. The normalized spacial score (nSPS) is 11.4. The standard InChI is InChI=1S/C24H26N4O5S/c1-5-30-19-12-17(13-20(31-6-2)21(19)32-7-3)23-27-28-24(33-23)34-15(4)22(29)26-18-10-8-16(14-25)9-11-18/h8-13,15H,5-7H2,1-4H3,(H,26,29). The van der Waals surface area contributed by atoms with Crippen molar-refractivity contribution in [3.63, 3.8) is 0 Å². The molecule has 1 unspecified atom stereocenters. The molecule has 0 radical (unpaired) electrons. The maximum absolute atomic E-state index is 12.5. The van der Waals surface area contributed by atoms with Gasteiger partial charge >= 0.3 is 0 Å². The smallest absolute Gasteiger partial charge is 0.277 e. The van der Waals surface area contributed by atoms with Gasteiger partial charge in [-0.25, -0.2) is 0 Å². The summed E-state index contributed by atoms with van der Waals surface area (Å²) in [5.74, 6) is 1.61. The number of aromatic nitrogens is 2. The summed E-state index contributed by atoms with van der Waals surface area (Å²) in [6, 6.07) is 12.2. The molecule has 2 aromatic carbocycles. The van der Waals surface area contributed by atoms with E-state index >= 15 is 0 Å². The van der Waals surface area contributed by atoms with E-state index in [1.165, 1.54) is 0 Å². The van der Waals surface area contributed by atoms with E-state index in [1.807, 2.05) is 26.8 Å². The first-order valence-electron chi connectivity index (χ1n) is 10.9. The van der Waals surface area contributed by atoms with Crippen LogP contribution in [0.4, 0.5) is 5.69 Å². The summed E-state index contributed by atoms with van der Waals surface area (Å²) in [5.41, 5.74) is 1.74. The second-order valence-electron chi connectivity index (χ2n) is 6.91. The Balaban J connectivity index is 1.75. The van der Waals surface area contributed by atoms with Gasteiger partial charge in [-0.15, -0.1) is 10.2 Å². The van der Waals surface area contributed by atoms with Crippen molar-refractivity contribution in [2.45, 2.75) is 38.2 Å². The Hall–Kier alpha value is -3.71. The Bertz CT molecular complexity index is 1130. The average molecular weight is 483 g/mol. The largest absolute Gasteiger partial charge is 0.490 e. The maximum atomic E-state index is 12.5. The van der Waals surface area contributed by atoms with E-state index in [9.17, 15) is 4.79 Å². The average Bonchev–Trinajstić information content (AvgIpc) is 3.30. The minimum Gasteiger partial charge on any atom is -0.490 e. The number of carbonyl (C=O) groups is 1. The van der Waals surface area contributed by atoms with Crippen LogP contribution in [0.5, 0.6) is 17.2 Å². The molecule has 34 heavy (non-hydrogen) atoms. The first kappa shape index (κ1) is 24.9. The predicted octanol–water partition coefficient (Wildman–Crippen LogP) is 4.92. The lowest BCUT2D eigenvalue weighted by molar-refractivity contribution is -0.115. The van der Waals surface area contributed by atoms with Gasteiger partial charge in [0.1, 0.15) is 0 Å². The zero-order valence-corrected chi connectivity index (χ0v) is 20.3. The fourth-order valence-corrected chi connectivity index (χ4v) is 3.65. The van der Waals surface area contributed by atoms with Crippen LogP contribution < -0.4 is 19.5 Å². The molecule has 1 amide bonds. The van der Waals surface area contributed by atoms with Crippen molar-refractivity contribution >= 4 is 23.4 Å². The molecular weight excluding hydrogens is 456 g/mol. The van der Waals surface area contributed by atoms with E-state index in [4.69, 9.17) is 23.9 Å². The van der Waals surface area contributed by atoms with Gasteiger partial charge in [-0.3, -0.25) is 4.79 Å². The van der Waals surface area contributed by atoms with Crippen molar-refractivity contribution in [2.24, 2.45) is 0 Å². The third-order valence-electron chi connectivity index (χ3n) is 4.49. The first-order valence-corrected chi connectivity index (χ1v) is 11.7. The lowest BCUT2D eigenvalue weighted by atomic mass is 10.2. The lowest BCUT2D eigenvalue weighted by Crippen LogP contribution is -2.22. The van der Waals surface area contributed by atoms with E-state index < -0.39 is 5.25 Å². The number of benzene rings is 2. The quantitative estimate of drug-likeness (QED) is 0.380. The summed E-state index contributed by atoms with van der Waals surface area (Å²) in [5, 5.41) is 19.6. The number of carbonyl (C=O) groups excluding carboxylic acids is 1. The van der Waals surface area contributed by atoms with Crippen LogP contribution in [0.15, 0.2) is 46.0 Å². The van der Waals surface area contributed by atoms with Gasteiger partial charge in [0, 0.05) is 11.3 Å². The monoisotopic (exact) mass is 482 g/mol. The van der Waals surface area contributed by atoms with Gasteiger partial charge in [0.15, 0.2) is 11.5 Å². The third kappa shape index (κ3) is 6.20.